The van der Waals surface area contributed by atoms with E-state index in [1.165, 1.54) is 0 Å². The Morgan fingerprint density at radius 1 is 0.696 bits per heavy atom. The Balaban J connectivity index is -0.000000250. The van der Waals surface area contributed by atoms with Gasteiger partial charge in [-0.3, -0.25) is 0 Å². The minimum Gasteiger partial charge on any atom is -0.550 e. The Hall–Kier alpha value is -1.35. The van der Waals surface area contributed by atoms with Crippen LogP contribution in [0.4, 0.5) is 0 Å². The van der Waals surface area contributed by atoms with E-state index in [0.717, 1.165) is 11.1 Å². The number of benzene rings is 2. The van der Waals surface area contributed by atoms with Crippen molar-refractivity contribution in [2.24, 2.45) is 0 Å². The average molecular weight is 333 g/mol. The van der Waals surface area contributed by atoms with Crippen LogP contribution in [0.5, 0.6) is 0 Å². The zero-order valence-corrected chi connectivity index (χ0v) is 15.8. The van der Waals surface area contributed by atoms with Crippen LogP contribution in [0.25, 0.3) is 0 Å². The third-order valence-electron chi connectivity index (χ3n) is 1.97. The standard InChI is InChI=1S/2C7H7.C3H4O4.2Mg/c2*1-7-5-3-2-4-6-7;4-2(5)1-3(6)7;;/h2*2-6H,1H2;1H2,(H,4,5)(H,6,7);;/q2*-1;;2*+2/p-2. The molecule has 0 saturated carbocycles. The van der Waals surface area contributed by atoms with Gasteiger partial charge in [0.1, 0.15) is 0 Å². The van der Waals surface area contributed by atoms with Gasteiger partial charge in [-0.2, -0.15) is 49.2 Å². The predicted molar refractivity (Wildman–Crippen MR) is 87.9 cm³/mol. The van der Waals surface area contributed by atoms with Gasteiger partial charge in [-0.05, 0) is 0 Å². The molecule has 112 valence electrons. The monoisotopic (exact) mass is 332 g/mol. The van der Waals surface area contributed by atoms with Crippen LogP contribution in [0.1, 0.15) is 17.5 Å². The van der Waals surface area contributed by atoms with Crippen LogP contribution in [0, 0.1) is 13.8 Å². The van der Waals surface area contributed by atoms with E-state index in [1.807, 2.05) is 60.7 Å². The molecule has 0 aromatic heterocycles. The van der Waals surface area contributed by atoms with E-state index >= 15 is 0 Å². The number of carbonyl (C=O) groups excluding carboxylic acids is 2. The summed E-state index contributed by atoms with van der Waals surface area (Å²) in [5.41, 5.74) is 2.14. The molecule has 0 atom stereocenters. The van der Waals surface area contributed by atoms with Gasteiger partial charge in [0.25, 0.3) is 0 Å². The zero-order chi connectivity index (χ0) is 16.1. The van der Waals surface area contributed by atoms with Crippen molar-refractivity contribution in [3.8, 4) is 0 Å². The van der Waals surface area contributed by atoms with Gasteiger partial charge in [-0.1, -0.05) is 12.1 Å². The first-order valence-electron chi connectivity index (χ1n) is 6.05. The van der Waals surface area contributed by atoms with Crippen molar-refractivity contribution >= 4 is 58.0 Å². The molecule has 2 rings (SSSR count). The molecule has 0 spiro atoms. The number of carboxylic acid groups (broad SMARTS) is 2. The molecule has 0 saturated heterocycles. The van der Waals surface area contributed by atoms with E-state index in [0.29, 0.717) is 0 Å². The molecule has 0 bridgehead atoms. The van der Waals surface area contributed by atoms with Gasteiger partial charge in [-0.15, -0.1) is 24.3 Å². The van der Waals surface area contributed by atoms with Crippen LogP contribution < -0.4 is 10.2 Å². The summed E-state index contributed by atoms with van der Waals surface area (Å²) in [6.45, 7) is 7.44. The maximum Gasteiger partial charge on any atom is 2.00 e. The summed E-state index contributed by atoms with van der Waals surface area (Å²) in [5.74, 6) is -3.25. The van der Waals surface area contributed by atoms with Gasteiger partial charge in [0.15, 0.2) is 0 Å². The first-order chi connectivity index (χ1) is 9.91. The Morgan fingerprint density at radius 3 is 1.04 bits per heavy atom. The van der Waals surface area contributed by atoms with E-state index in [-0.39, 0.29) is 46.1 Å². The number of aliphatic carboxylic acids is 2. The molecule has 2 aromatic carbocycles. The van der Waals surface area contributed by atoms with Gasteiger partial charge in [0.05, 0.1) is 0 Å². The predicted octanol–water partition coefficient (Wildman–Crippen LogP) is -0.148. The second-order valence-corrected chi connectivity index (χ2v) is 3.89. The van der Waals surface area contributed by atoms with Crippen molar-refractivity contribution in [1.29, 1.82) is 0 Å². The van der Waals surface area contributed by atoms with Crippen LogP contribution in [0.2, 0.25) is 0 Å². The maximum absolute atomic E-state index is 9.28. The van der Waals surface area contributed by atoms with Crippen LogP contribution >= 0.6 is 0 Å². The fourth-order valence-corrected chi connectivity index (χ4v) is 1.07. The van der Waals surface area contributed by atoms with Gasteiger partial charge in [0.2, 0.25) is 0 Å². The minimum atomic E-state index is -1.63. The minimum absolute atomic E-state index is 0. The van der Waals surface area contributed by atoms with Crippen molar-refractivity contribution in [3.63, 3.8) is 0 Å². The van der Waals surface area contributed by atoms with Crippen molar-refractivity contribution in [2.45, 2.75) is 6.42 Å². The number of hydrogen-bond acceptors (Lipinski definition) is 4. The number of rotatable bonds is 2. The first kappa shape index (κ1) is 26.5. The van der Waals surface area contributed by atoms with Gasteiger partial charge >= 0.3 is 46.1 Å². The molecule has 23 heavy (non-hydrogen) atoms. The molecule has 0 aliphatic rings. The fourth-order valence-electron chi connectivity index (χ4n) is 1.07. The molecule has 2 aromatic rings. The molecular formula is C17H16Mg2O4. The third kappa shape index (κ3) is 20.7. The van der Waals surface area contributed by atoms with Gasteiger partial charge in [-0.25, -0.2) is 0 Å². The summed E-state index contributed by atoms with van der Waals surface area (Å²) in [7, 11) is 0. The molecule has 0 aliphatic carbocycles. The van der Waals surface area contributed by atoms with Crippen molar-refractivity contribution in [3.05, 3.63) is 85.6 Å². The largest absolute Gasteiger partial charge is 2.00 e. The summed E-state index contributed by atoms with van der Waals surface area (Å²) in [6.07, 6.45) is -1.03. The van der Waals surface area contributed by atoms with E-state index in [2.05, 4.69) is 13.8 Å². The Bertz CT molecular complexity index is 481. The van der Waals surface area contributed by atoms with Crippen LogP contribution in [-0.4, -0.2) is 58.0 Å². The van der Waals surface area contributed by atoms with Crippen molar-refractivity contribution < 1.29 is 19.8 Å². The van der Waals surface area contributed by atoms with Crippen molar-refractivity contribution in [2.75, 3.05) is 0 Å². The molecule has 0 amide bonds. The van der Waals surface area contributed by atoms with E-state index < -0.39 is 18.4 Å². The summed E-state index contributed by atoms with van der Waals surface area (Å²) in [6, 6.07) is 19.7. The molecule has 0 radical (unpaired) electrons. The van der Waals surface area contributed by atoms with Crippen molar-refractivity contribution in [1.82, 2.24) is 0 Å². The van der Waals surface area contributed by atoms with Crippen LogP contribution in [0.3, 0.4) is 0 Å². The van der Waals surface area contributed by atoms with Gasteiger partial charge in [0, 0.05) is 18.4 Å². The molecule has 0 unspecified atom stereocenters. The number of carboxylic acids is 2. The fraction of sp³-hybridized carbons (Fsp3) is 0.0588. The van der Waals surface area contributed by atoms with Crippen LogP contribution in [0.15, 0.2) is 60.7 Å². The summed E-state index contributed by atoms with van der Waals surface area (Å²) in [5, 5.41) is 18.6. The molecular weight excluding hydrogens is 317 g/mol. The molecule has 4 nitrogen and oxygen atoms in total. The topological polar surface area (TPSA) is 80.3 Å². The molecule has 6 heteroatoms. The zero-order valence-electron chi connectivity index (χ0n) is 12.9. The third-order valence-corrected chi connectivity index (χ3v) is 1.97. The molecule has 0 heterocycles. The second-order valence-electron chi connectivity index (χ2n) is 3.89. The molecule has 0 fully saturated rings. The van der Waals surface area contributed by atoms with Gasteiger partial charge < -0.3 is 19.8 Å². The molecule has 0 N–H and O–H groups in total. The Morgan fingerprint density at radius 2 is 0.957 bits per heavy atom. The smallest absolute Gasteiger partial charge is 0.550 e. The SMILES string of the molecule is O=C([O-])CC(=O)[O-].[CH2-]c1ccccc1.[CH2-]c1ccccc1.[Mg+2].[Mg+2]. The normalized spacial score (nSPS) is 7.65. The Labute approximate surface area is 169 Å². The van der Waals surface area contributed by atoms with E-state index in [9.17, 15) is 19.8 Å². The quantitative estimate of drug-likeness (QED) is 0.435. The molecule has 0 aliphatic heterocycles. The Kier molecular flexibility index (Phi) is 19.6. The first-order valence-corrected chi connectivity index (χ1v) is 6.05. The summed E-state index contributed by atoms with van der Waals surface area (Å²) < 4.78 is 0. The summed E-state index contributed by atoms with van der Waals surface area (Å²) >= 11 is 0. The number of carbonyl (C=O) groups is 2. The van der Waals surface area contributed by atoms with Crippen LogP contribution in [-0.2, 0) is 9.59 Å². The average Bonchev–Trinajstić information content (AvgIpc) is 2.40. The van der Waals surface area contributed by atoms with E-state index in [4.69, 9.17) is 0 Å². The number of hydrogen-bond donors (Lipinski definition) is 0. The maximum atomic E-state index is 9.28. The second kappa shape index (κ2) is 17.0. The van der Waals surface area contributed by atoms with E-state index in [1.54, 1.807) is 0 Å². The summed E-state index contributed by atoms with van der Waals surface area (Å²) in [4.78, 5) is 18.6.